The maximum atomic E-state index is 14.5. The highest BCUT2D eigenvalue weighted by atomic mass is 16.7. The standard InChI is InChI=1S/C43H44N6O7/c1-21-12-30(50)37-31(53-21)17-32-38(39(37)51)36-23-5-7-26(8-6-23)43(41(52)54-40(36)42(2,3)55-32)33(56-43)9-4-22-13-28(48-34(44)14-22)25-15-27(47-35(45)16-25)19-49-18-24-10-11-46-29(24)20-49/h10-18,23,26,33,36,40,51H,4-9,19-20H2,1-3H3,(H2,44,48)(H2,45,47)/p+1. The number of aryl methyl sites for hydroxylation is 2. The van der Waals surface area contributed by atoms with Crippen molar-refractivity contribution in [2.24, 2.45) is 16.8 Å². The Morgan fingerprint density at radius 1 is 1.00 bits per heavy atom. The van der Waals surface area contributed by atoms with Gasteiger partial charge in [-0.1, -0.05) is 0 Å². The molecule has 56 heavy (non-hydrogen) atoms. The summed E-state index contributed by atoms with van der Waals surface area (Å²) in [4.78, 5) is 42.6. The summed E-state index contributed by atoms with van der Waals surface area (Å²) in [6, 6.07) is 10.8. The number of epoxide rings is 1. The number of aromatic hydroxyl groups is 1. The first-order valence-electron chi connectivity index (χ1n) is 19.6. The van der Waals surface area contributed by atoms with E-state index in [1.165, 1.54) is 11.0 Å². The van der Waals surface area contributed by atoms with E-state index >= 15 is 0 Å². The number of benzene rings is 1. The molecule has 1 saturated carbocycles. The van der Waals surface area contributed by atoms with Gasteiger partial charge in [0.05, 0.1) is 23.1 Å². The molecule has 4 aromatic rings. The van der Waals surface area contributed by atoms with Crippen LogP contribution in [0, 0.1) is 18.8 Å². The minimum absolute atomic E-state index is 0.00698. The number of phenolic OH excluding ortho intramolecular Hbond substituents is 1. The average molecular weight is 758 g/mol. The number of phenols is 1. The summed E-state index contributed by atoms with van der Waals surface area (Å²) in [6.07, 6.45) is 9.38. The molecule has 11 rings (SSSR count). The predicted molar refractivity (Wildman–Crippen MR) is 208 cm³/mol. The summed E-state index contributed by atoms with van der Waals surface area (Å²) in [7, 11) is 0. The van der Waals surface area contributed by atoms with Gasteiger partial charge < -0.3 is 35.2 Å². The second-order valence-electron chi connectivity index (χ2n) is 16.9. The lowest BCUT2D eigenvalue weighted by Crippen LogP contribution is -3.05. The molecule has 7 aliphatic rings. The number of allylic oxidation sites excluding steroid dienone is 1. The maximum absolute atomic E-state index is 14.5. The number of esters is 1. The Hall–Kier alpha value is -5.53. The first-order chi connectivity index (χ1) is 26.9. The number of carbonyl (C=O) groups excluding carboxylic acids is 1. The van der Waals surface area contributed by atoms with Crippen molar-refractivity contribution in [2.45, 2.75) is 95.2 Å². The Morgan fingerprint density at radius 3 is 2.61 bits per heavy atom. The minimum Gasteiger partial charge on any atom is -0.507 e. The number of rotatable bonds is 6. The normalized spacial score (nSPS) is 29.4. The molecule has 1 spiro atoms. The Kier molecular flexibility index (Phi) is 7.79. The van der Waals surface area contributed by atoms with Crippen LogP contribution in [0.25, 0.3) is 22.2 Å². The van der Waals surface area contributed by atoms with Crippen LogP contribution in [0.4, 0.5) is 11.6 Å². The number of pyridine rings is 2. The summed E-state index contributed by atoms with van der Waals surface area (Å²) in [5, 5.41) is 11.8. The van der Waals surface area contributed by atoms with Crippen LogP contribution >= 0.6 is 0 Å². The maximum Gasteiger partial charge on any atom is 0.341 e. The molecule has 13 nitrogen and oxygen atoms in total. The number of anilines is 2. The van der Waals surface area contributed by atoms with Gasteiger partial charge in [0, 0.05) is 41.3 Å². The number of nitrogens with one attached hydrogen (secondary N) is 1. The molecular weight excluding hydrogens is 713 g/mol. The second kappa shape index (κ2) is 12.5. The summed E-state index contributed by atoms with van der Waals surface area (Å²) >= 11 is 0. The lowest BCUT2D eigenvalue weighted by molar-refractivity contribution is -0.848. The first-order valence-corrected chi connectivity index (χ1v) is 19.6. The summed E-state index contributed by atoms with van der Waals surface area (Å²) in [6.45, 7) is 6.98. The molecule has 5 unspecified atom stereocenters. The Balaban J connectivity index is 0.899. The second-order valence-corrected chi connectivity index (χ2v) is 16.9. The van der Waals surface area contributed by atoms with Crippen molar-refractivity contribution in [3.63, 3.8) is 0 Å². The van der Waals surface area contributed by atoms with Crippen LogP contribution in [-0.2, 0) is 27.2 Å². The molecule has 9 heterocycles. The predicted octanol–water partition coefficient (Wildman–Crippen LogP) is 4.44. The fourth-order valence-electron chi connectivity index (χ4n) is 10.3. The Morgan fingerprint density at radius 2 is 1.80 bits per heavy atom. The van der Waals surface area contributed by atoms with Gasteiger partial charge in [-0.2, -0.15) is 0 Å². The van der Waals surface area contributed by atoms with Crippen LogP contribution in [0.2, 0.25) is 0 Å². The Bertz CT molecular complexity index is 2500. The highest BCUT2D eigenvalue weighted by Gasteiger charge is 2.69. The van der Waals surface area contributed by atoms with Gasteiger partial charge in [-0.15, -0.1) is 0 Å². The van der Waals surface area contributed by atoms with E-state index in [-0.39, 0.29) is 46.0 Å². The van der Waals surface area contributed by atoms with Gasteiger partial charge in [0.25, 0.3) is 0 Å². The molecule has 3 aromatic heterocycles. The van der Waals surface area contributed by atoms with E-state index < -0.39 is 23.3 Å². The van der Waals surface area contributed by atoms with Crippen LogP contribution < -0.4 is 26.5 Å². The molecule has 288 valence electrons. The Labute approximate surface area is 323 Å². The molecule has 5 atom stereocenters. The monoisotopic (exact) mass is 757 g/mol. The van der Waals surface area contributed by atoms with Gasteiger partial charge in [-0.3, -0.25) is 14.7 Å². The number of fused-ring (bicyclic) bond motifs is 6. The number of nitrogens with zero attached hydrogens (tertiary/aromatic N) is 3. The summed E-state index contributed by atoms with van der Waals surface area (Å²) < 4.78 is 25.4. The lowest BCUT2D eigenvalue weighted by atomic mass is 9.66. The molecule has 0 amide bonds. The van der Waals surface area contributed by atoms with Crippen LogP contribution in [0.15, 0.2) is 74.7 Å². The fourth-order valence-corrected chi connectivity index (χ4v) is 10.3. The largest absolute Gasteiger partial charge is 0.507 e. The number of aromatic nitrogens is 2. The first kappa shape index (κ1) is 34.9. The van der Waals surface area contributed by atoms with Crippen molar-refractivity contribution in [3.8, 4) is 22.8 Å². The topological polar surface area (TPSA) is 193 Å². The number of quaternary nitrogens is 1. The van der Waals surface area contributed by atoms with Crippen molar-refractivity contribution in [1.82, 2.24) is 9.97 Å². The van der Waals surface area contributed by atoms with E-state index in [4.69, 9.17) is 30.1 Å². The summed E-state index contributed by atoms with van der Waals surface area (Å²) in [5.41, 5.74) is 16.7. The third kappa shape index (κ3) is 5.62. The summed E-state index contributed by atoms with van der Waals surface area (Å²) in [5.74, 6) is 0.857. The number of ether oxygens (including phenoxy) is 3. The van der Waals surface area contributed by atoms with Gasteiger partial charge in [0.1, 0.15) is 76.6 Å². The molecule has 2 bridgehead atoms. The molecule has 13 heteroatoms. The van der Waals surface area contributed by atoms with Crippen molar-refractivity contribution < 1.29 is 33.4 Å². The molecule has 1 aromatic carbocycles. The minimum atomic E-state index is -1.07. The van der Waals surface area contributed by atoms with Crippen LogP contribution in [-0.4, -0.2) is 56.7 Å². The third-order valence-corrected chi connectivity index (χ3v) is 12.8. The van der Waals surface area contributed by atoms with Crippen LogP contribution in [0.1, 0.15) is 74.5 Å². The van der Waals surface area contributed by atoms with Crippen molar-refractivity contribution in [2.75, 3.05) is 18.0 Å². The number of hydrogen-bond acceptors (Lipinski definition) is 12. The molecule has 6 N–H and O–H groups in total. The van der Waals surface area contributed by atoms with Gasteiger partial charge in [0.15, 0.2) is 11.0 Å². The third-order valence-electron chi connectivity index (χ3n) is 12.8. The molecule has 6 aliphatic heterocycles. The highest BCUT2D eigenvalue weighted by Crippen LogP contribution is 2.60. The van der Waals surface area contributed by atoms with E-state index in [9.17, 15) is 14.7 Å². The number of aliphatic imine (C=N–C) groups is 1. The van der Waals surface area contributed by atoms with Crippen molar-refractivity contribution in [3.05, 3.63) is 93.3 Å². The van der Waals surface area contributed by atoms with Crippen molar-refractivity contribution in [1.29, 1.82) is 0 Å². The van der Waals surface area contributed by atoms with Crippen LogP contribution in [0.5, 0.6) is 11.5 Å². The fraction of sp³-hybridized carbons (Fsp3) is 0.419. The number of carbonyl (C=O) groups is 1. The zero-order valence-electron chi connectivity index (χ0n) is 31.6. The molecule has 0 radical (unpaired) electrons. The zero-order valence-corrected chi connectivity index (χ0v) is 31.6. The molecular formula is C43H45N6O7+. The molecule has 4 fully saturated rings. The van der Waals surface area contributed by atoms with E-state index in [1.54, 1.807) is 13.0 Å². The van der Waals surface area contributed by atoms with Gasteiger partial charge in [-0.25, -0.2) is 14.8 Å². The average Bonchev–Trinajstić information content (AvgIpc) is 3.48. The van der Waals surface area contributed by atoms with Gasteiger partial charge >= 0.3 is 5.97 Å². The zero-order chi connectivity index (χ0) is 38.7. The van der Waals surface area contributed by atoms with E-state index in [2.05, 4.69) is 21.2 Å². The quantitative estimate of drug-likeness (QED) is 0.161. The smallest absolute Gasteiger partial charge is 0.341 e. The van der Waals surface area contributed by atoms with E-state index in [0.717, 1.165) is 60.3 Å². The van der Waals surface area contributed by atoms with Gasteiger partial charge in [0.2, 0.25) is 0 Å². The molecule has 3 saturated heterocycles. The number of hydrogen-bond donors (Lipinski definition) is 4. The van der Waals surface area contributed by atoms with Gasteiger partial charge in [-0.05, 0) is 101 Å². The van der Waals surface area contributed by atoms with Crippen LogP contribution in [0.3, 0.4) is 0 Å². The SMILES string of the molecule is Cc1cc(=O)c2c(O)c3c(cc2o1)OC(C)(C)C1OC(=O)C2(OC2CCc2cc(N)nc(-c4cc(N)nc(C[NH+]5C=C6C=CN=C6C5)c4)c2)C2CCC(CC2)C31. The van der Waals surface area contributed by atoms with Crippen molar-refractivity contribution >= 4 is 34.3 Å². The highest BCUT2D eigenvalue weighted by molar-refractivity contribution is 6.06. The van der Waals surface area contributed by atoms with E-state index in [0.29, 0.717) is 53.8 Å². The molecule has 1 aliphatic carbocycles. The lowest BCUT2D eigenvalue weighted by Gasteiger charge is -2.47. The van der Waals surface area contributed by atoms with E-state index in [1.807, 2.05) is 50.4 Å². The number of nitrogen functional groups attached to an aromatic ring is 2. The number of nitrogens with two attached hydrogens (primary N) is 2.